The summed E-state index contributed by atoms with van der Waals surface area (Å²) in [6.07, 6.45) is -4.30. The minimum absolute atomic E-state index is 0.00709. The lowest BCUT2D eigenvalue weighted by Crippen LogP contribution is -2.04. The van der Waals surface area contributed by atoms with Gasteiger partial charge in [-0.3, -0.25) is 0 Å². The van der Waals surface area contributed by atoms with E-state index in [2.05, 4.69) is 0 Å². The Kier molecular flexibility index (Phi) is 3.14. The van der Waals surface area contributed by atoms with Gasteiger partial charge in [-0.25, -0.2) is 0 Å². The van der Waals surface area contributed by atoms with Gasteiger partial charge in [0.15, 0.2) is 0 Å². The van der Waals surface area contributed by atoms with Crippen LogP contribution in [0.1, 0.15) is 24.0 Å². The summed E-state index contributed by atoms with van der Waals surface area (Å²) >= 11 is 1.28. The quantitative estimate of drug-likeness (QED) is 0.864. The summed E-state index contributed by atoms with van der Waals surface area (Å²) in [6.45, 7) is 1.84. The molecule has 0 spiro atoms. The molecule has 0 amide bonds. The molecule has 1 nitrogen and oxygen atoms in total. The molecule has 0 saturated carbocycles. The molecule has 1 atom stereocenters. The average Bonchev–Trinajstić information content (AvgIpc) is 2.69. The number of alkyl halides is 3. The molecule has 0 aliphatic carbocycles. The highest BCUT2D eigenvalue weighted by Gasteiger charge is 2.30. The number of thiophene rings is 1. The first-order valence-electron chi connectivity index (χ1n) is 5.12. The van der Waals surface area contributed by atoms with Crippen LogP contribution in [0.2, 0.25) is 0 Å². The van der Waals surface area contributed by atoms with Crippen LogP contribution < -0.4 is 0 Å². The van der Waals surface area contributed by atoms with Gasteiger partial charge >= 0.3 is 6.18 Å². The lowest BCUT2D eigenvalue weighted by atomic mass is 10.0. The average molecular weight is 260 g/mol. The fourth-order valence-corrected chi connectivity index (χ4v) is 2.83. The van der Waals surface area contributed by atoms with Gasteiger partial charge in [-0.1, -0.05) is 13.0 Å². The minimum atomic E-state index is -4.30. The van der Waals surface area contributed by atoms with E-state index in [4.69, 9.17) is 5.11 Å². The van der Waals surface area contributed by atoms with E-state index in [9.17, 15) is 13.2 Å². The normalized spacial score (nSPS) is 14.2. The second-order valence-corrected chi connectivity index (χ2v) is 4.89. The van der Waals surface area contributed by atoms with Crippen molar-refractivity contribution in [2.45, 2.75) is 19.0 Å². The number of hydrogen-bond acceptors (Lipinski definition) is 2. The van der Waals surface area contributed by atoms with E-state index in [-0.39, 0.29) is 12.5 Å². The predicted octanol–water partition coefficient (Wildman–Crippen LogP) is 4.02. The van der Waals surface area contributed by atoms with E-state index in [1.807, 2.05) is 12.3 Å². The zero-order valence-electron chi connectivity index (χ0n) is 9.08. The maximum Gasteiger partial charge on any atom is 0.416 e. The van der Waals surface area contributed by atoms with Crippen LogP contribution in [-0.4, -0.2) is 11.7 Å². The van der Waals surface area contributed by atoms with Gasteiger partial charge in [-0.05, 0) is 28.5 Å². The van der Waals surface area contributed by atoms with Gasteiger partial charge < -0.3 is 5.11 Å². The maximum absolute atomic E-state index is 12.5. The molecule has 0 radical (unpaired) electrons. The van der Waals surface area contributed by atoms with E-state index in [0.717, 1.165) is 23.1 Å². The molecule has 1 aromatic carbocycles. The van der Waals surface area contributed by atoms with Gasteiger partial charge in [0, 0.05) is 17.2 Å². The van der Waals surface area contributed by atoms with Crippen molar-refractivity contribution < 1.29 is 18.3 Å². The van der Waals surface area contributed by atoms with Crippen molar-refractivity contribution in [3.63, 3.8) is 0 Å². The summed E-state index contributed by atoms with van der Waals surface area (Å²) in [6, 6.07) is 3.73. The minimum Gasteiger partial charge on any atom is -0.396 e. The first-order valence-corrected chi connectivity index (χ1v) is 6.00. The van der Waals surface area contributed by atoms with Gasteiger partial charge in [0.2, 0.25) is 0 Å². The third-order valence-electron chi connectivity index (χ3n) is 2.74. The Balaban J connectivity index is 2.52. The first-order chi connectivity index (χ1) is 7.93. The number of rotatable bonds is 2. The molecule has 17 heavy (non-hydrogen) atoms. The summed E-state index contributed by atoms with van der Waals surface area (Å²) in [5, 5.41) is 11.7. The SMILES string of the molecule is CC(CO)c1csc2cc(C(F)(F)F)ccc12. The number of aliphatic hydroxyl groups is 1. The summed E-state index contributed by atoms with van der Waals surface area (Å²) in [5.41, 5.74) is 0.274. The molecule has 1 aromatic heterocycles. The molecule has 5 heteroatoms. The highest BCUT2D eigenvalue weighted by atomic mass is 32.1. The molecule has 0 saturated heterocycles. The topological polar surface area (TPSA) is 20.2 Å². The van der Waals surface area contributed by atoms with Crippen molar-refractivity contribution in [2.75, 3.05) is 6.61 Å². The van der Waals surface area contributed by atoms with Crippen LogP contribution in [0.5, 0.6) is 0 Å². The zero-order chi connectivity index (χ0) is 12.6. The lowest BCUT2D eigenvalue weighted by Gasteiger charge is -2.08. The Labute approximate surface area is 101 Å². The Bertz CT molecular complexity index is 530. The van der Waals surface area contributed by atoms with Crippen LogP contribution in [0, 0.1) is 0 Å². The summed E-state index contributed by atoms with van der Waals surface area (Å²) < 4.78 is 38.1. The Morgan fingerprint density at radius 1 is 1.35 bits per heavy atom. The van der Waals surface area contributed by atoms with E-state index in [1.54, 1.807) is 0 Å². The van der Waals surface area contributed by atoms with Crippen molar-refractivity contribution >= 4 is 21.4 Å². The molecular weight excluding hydrogens is 249 g/mol. The molecule has 2 rings (SSSR count). The molecule has 0 bridgehead atoms. The van der Waals surface area contributed by atoms with Gasteiger partial charge in [-0.2, -0.15) is 13.2 Å². The van der Waals surface area contributed by atoms with Crippen molar-refractivity contribution in [1.29, 1.82) is 0 Å². The highest BCUT2D eigenvalue weighted by molar-refractivity contribution is 7.17. The Morgan fingerprint density at radius 3 is 2.65 bits per heavy atom. The predicted molar refractivity (Wildman–Crippen MR) is 62.3 cm³/mol. The standard InChI is InChI=1S/C12H11F3OS/c1-7(5-16)10-6-17-11-4-8(12(13,14)15)2-3-9(10)11/h2-4,6-7,16H,5H2,1H3. The van der Waals surface area contributed by atoms with Crippen LogP contribution in [0.4, 0.5) is 13.2 Å². The monoisotopic (exact) mass is 260 g/mol. The Morgan fingerprint density at radius 2 is 2.06 bits per heavy atom. The first kappa shape index (κ1) is 12.4. The van der Waals surface area contributed by atoms with Crippen LogP contribution in [0.25, 0.3) is 10.1 Å². The molecule has 0 fully saturated rings. The summed E-state index contributed by atoms with van der Waals surface area (Å²) in [5.74, 6) is -0.0551. The second-order valence-electron chi connectivity index (χ2n) is 3.98. The number of hydrogen-bond donors (Lipinski definition) is 1. The third kappa shape index (κ3) is 2.30. The number of fused-ring (bicyclic) bond motifs is 1. The van der Waals surface area contributed by atoms with Crippen LogP contribution >= 0.6 is 11.3 Å². The van der Waals surface area contributed by atoms with Gasteiger partial charge in [0.1, 0.15) is 0 Å². The molecule has 1 heterocycles. The zero-order valence-corrected chi connectivity index (χ0v) is 9.90. The molecule has 1 N–H and O–H groups in total. The third-order valence-corrected chi connectivity index (χ3v) is 3.70. The van der Waals surface area contributed by atoms with Crippen LogP contribution in [0.15, 0.2) is 23.6 Å². The molecule has 92 valence electrons. The van der Waals surface area contributed by atoms with E-state index in [0.29, 0.717) is 4.70 Å². The molecule has 2 aromatic rings. The van der Waals surface area contributed by atoms with Crippen molar-refractivity contribution in [3.8, 4) is 0 Å². The van der Waals surface area contributed by atoms with Gasteiger partial charge in [-0.15, -0.1) is 11.3 Å². The van der Waals surface area contributed by atoms with Crippen molar-refractivity contribution in [3.05, 3.63) is 34.7 Å². The van der Waals surface area contributed by atoms with Crippen LogP contribution in [-0.2, 0) is 6.18 Å². The number of benzene rings is 1. The summed E-state index contributed by atoms with van der Waals surface area (Å²) in [4.78, 5) is 0. The lowest BCUT2D eigenvalue weighted by molar-refractivity contribution is -0.137. The van der Waals surface area contributed by atoms with Gasteiger partial charge in [0.05, 0.1) is 5.56 Å². The fourth-order valence-electron chi connectivity index (χ4n) is 1.71. The summed E-state index contributed by atoms with van der Waals surface area (Å²) in [7, 11) is 0. The Hall–Kier alpha value is -1.07. The fraction of sp³-hybridized carbons (Fsp3) is 0.333. The van der Waals surface area contributed by atoms with Crippen molar-refractivity contribution in [1.82, 2.24) is 0 Å². The number of halogens is 3. The van der Waals surface area contributed by atoms with E-state index in [1.165, 1.54) is 17.4 Å². The molecule has 0 aliphatic heterocycles. The van der Waals surface area contributed by atoms with Crippen LogP contribution in [0.3, 0.4) is 0 Å². The maximum atomic E-state index is 12.5. The van der Waals surface area contributed by atoms with E-state index >= 15 is 0 Å². The molecular formula is C12H11F3OS. The van der Waals surface area contributed by atoms with Gasteiger partial charge in [0.25, 0.3) is 0 Å². The highest BCUT2D eigenvalue weighted by Crippen LogP contribution is 2.36. The molecule has 0 aliphatic rings. The van der Waals surface area contributed by atoms with Crippen molar-refractivity contribution in [2.24, 2.45) is 0 Å². The second kappa shape index (κ2) is 4.31. The molecule has 1 unspecified atom stereocenters. The van der Waals surface area contributed by atoms with E-state index < -0.39 is 11.7 Å². The largest absolute Gasteiger partial charge is 0.416 e. The smallest absolute Gasteiger partial charge is 0.396 e. The number of aliphatic hydroxyl groups excluding tert-OH is 1.